The number of hydrogen-bond acceptors (Lipinski definition) is 7. The number of aryl methyl sites for hydroxylation is 1. The van der Waals surface area contributed by atoms with Gasteiger partial charge in [0, 0.05) is 22.6 Å². The number of rotatable bonds is 10. The Balaban J connectivity index is 1.52. The molecule has 0 fully saturated rings. The lowest BCUT2D eigenvalue weighted by atomic mass is 10.1. The van der Waals surface area contributed by atoms with Gasteiger partial charge in [-0.05, 0) is 55.8 Å². The van der Waals surface area contributed by atoms with Gasteiger partial charge in [0.15, 0.2) is 11.5 Å². The predicted octanol–water partition coefficient (Wildman–Crippen LogP) is 5.75. The van der Waals surface area contributed by atoms with E-state index in [-0.39, 0.29) is 5.91 Å². The Labute approximate surface area is 208 Å². The molecule has 0 atom stereocenters. The number of carbonyl (C=O) groups excluding carboxylic acids is 1. The number of nitrogens with zero attached hydrogens (tertiary/aromatic N) is 3. The van der Waals surface area contributed by atoms with Gasteiger partial charge in [-0.3, -0.25) is 4.79 Å². The first-order valence-corrected chi connectivity index (χ1v) is 12.2. The number of unbranched alkanes of at least 4 members (excludes halogenated alkanes) is 1. The Kier molecular flexibility index (Phi) is 7.67. The molecule has 9 heteroatoms. The summed E-state index contributed by atoms with van der Waals surface area (Å²) in [5, 5.41) is 10.1. The maximum Gasteiger partial charge on any atom is 0.256 e. The summed E-state index contributed by atoms with van der Waals surface area (Å²) in [6, 6.07) is 14.6. The van der Waals surface area contributed by atoms with E-state index < -0.39 is 0 Å². The van der Waals surface area contributed by atoms with Gasteiger partial charge in [0.25, 0.3) is 5.91 Å². The normalized spacial score (nSPS) is 10.7. The van der Waals surface area contributed by atoms with Gasteiger partial charge >= 0.3 is 0 Å². The summed E-state index contributed by atoms with van der Waals surface area (Å²) in [6.07, 6.45) is 2.07. The van der Waals surface area contributed by atoms with Crippen molar-refractivity contribution in [1.82, 2.24) is 14.8 Å². The molecule has 8 nitrogen and oxygen atoms in total. The molecule has 2 aromatic heterocycles. The molecule has 2 aromatic carbocycles. The highest BCUT2D eigenvalue weighted by molar-refractivity contribution is 7.12. The molecular formula is C26H28N4O4S. The first-order chi connectivity index (χ1) is 17.0. The molecule has 0 aliphatic rings. The second kappa shape index (κ2) is 11.1. The van der Waals surface area contributed by atoms with Crippen molar-refractivity contribution in [2.45, 2.75) is 26.7 Å². The molecule has 4 aromatic rings. The molecule has 0 saturated heterocycles. The van der Waals surface area contributed by atoms with Crippen LogP contribution in [0.1, 0.15) is 35.8 Å². The van der Waals surface area contributed by atoms with Crippen LogP contribution in [0.25, 0.3) is 16.4 Å². The van der Waals surface area contributed by atoms with Crippen LogP contribution in [0.15, 0.2) is 53.9 Å². The largest absolute Gasteiger partial charge is 0.494 e. The number of ether oxygens (including phenoxy) is 3. The monoisotopic (exact) mass is 492 g/mol. The molecular weight excluding hydrogens is 464 g/mol. The number of aromatic nitrogens is 3. The van der Waals surface area contributed by atoms with Crippen molar-refractivity contribution in [3.8, 4) is 33.6 Å². The lowest BCUT2D eigenvalue weighted by Crippen LogP contribution is -2.15. The molecule has 0 saturated carbocycles. The third-order valence-corrected chi connectivity index (χ3v) is 6.12. The number of hydrogen-bond donors (Lipinski definition) is 1. The van der Waals surface area contributed by atoms with E-state index in [0.29, 0.717) is 34.6 Å². The smallest absolute Gasteiger partial charge is 0.256 e. The summed E-state index contributed by atoms with van der Waals surface area (Å²) in [4.78, 5) is 17.6. The van der Waals surface area contributed by atoms with Gasteiger partial charge in [-0.15, -0.1) is 11.3 Å². The van der Waals surface area contributed by atoms with Crippen LogP contribution in [-0.2, 0) is 0 Å². The van der Waals surface area contributed by atoms with E-state index in [1.54, 1.807) is 31.0 Å². The Bertz CT molecular complexity index is 1300. The van der Waals surface area contributed by atoms with Crippen LogP contribution in [0.5, 0.6) is 17.2 Å². The summed E-state index contributed by atoms with van der Waals surface area (Å²) in [7, 11) is 3.20. The molecule has 0 spiro atoms. The number of benzene rings is 2. The molecule has 0 unspecified atom stereocenters. The minimum atomic E-state index is -0.233. The molecule has 4 rings (SSSR count). The first kappa shape index (κ1) is 24.3. The fraction of sp³-hybridized carbons (Fsp3) is 0.269. The zero-order valence-electron chi connectivity index (χ0n) is 20.2. The second-order valence-corrected chi connectivity index (χ2v) is 8.68. The topological polar surface area (TPSA) is 87.5 Å². The van der Waals surface area contributed by atoms with Crippen LogP contribution < -0.4 is 19.5 Å². The SMILES string of the molecule is CCCCOc1ccc(C(=O)Nc2cc(C)nn2-c2nc(-c3ccc(OC)c(OC)c3)cs2)cc1. The minimum absolute atomic E-state index is 0.233. The predicted molar refractivity (Wildman–Crippen MR) is 137 cm³/mol. The fourth-order valence-electron chi connectivity index (χ4n) is 3.45. The average molecular weight is 493 g/mol. The highest BCUT2D eigenvalue weighted by Gasteiger charge is 2.16. The number of anilines is 1. The summed E-state index contributed by atoms with van der Waals surface area (Å²) in [5.74, 6) is 2.34. The molecule has 0 radical (unpaired) electrons. The van der Waals surface area contributed by atoms with Gasteiger partial charge in [-0.2, -0.15) is 9.78 Å². The highest BCUT2D eigenvalue weighted by atomic mass is 32.1. The summed E-state index contributed by atoms with van der Waals surface area (Å²) < 4.78 is 18.0. The number of carbonyl (C=O) groups is 1. The van der Waals surface area contributed by atoms with Crippen molar-refractivity contribution >= 4 is 23.1 Å². The van der Waals surface area contributed by atoms with Crippen molar-refractivity contribution in [2.75, 3.05) is 26.1 Å². The van der Waals surface area contributed by atoms with Crippen LogP contribution in [0.3, 0.4) is 0 Å². The van der Waals surface area contributed by atoms with E-state index in [0.717, 1.165) is 35.5 Å². The number of amides is 1. The number of nitrogens with one attached hydrogen (secondary N) is 1. The maximum atomic E-state index is 12.9. The van der Waals surface area contributed by atoms with Crippen LogP contribution in [0, 0.1) is 6.92 Å². The average Bonchev–Trinajstić information content (AvgIpc) is 3.50. The summed E-state index contributed by atoms with van der Waals surface area (Å²) in [5.41, 5.74) is 2.96. The van der Waals surface area contributed by atoms with E-state index in [4.69, 9.17) is 19.2 Å². The van der Waals surface area contributed by atoms with E-state index >= 15 is 0 Å². The molecule has 0 aliphatic carbocycles. The van der Waals surface area contributed by atoms with Crippen molar-refractivity contribution in [1.29, 1.82) is 0 Å². The third kappa shape index (κ3) is 5.63. The van der Waals surface area contributed by atoms with Gasteiger partial charge in [0.2, 0.25) is 5.13 Å². The van der Waals surface area contributed by atoms with E-state index in [9.17, 15) is 4.79 Å². The van der Waals surface area contributed by atoms with Crippen molar-refractivity contribution in [2.24, 2.45) is 0 Å². The van der Waals surface area contributed by atoms with E-state index in [2.05, 4.69) is 17.3 Å². The van der Waals surface area contributed by atoms with Crippen LogP contribution >= 0.6 is 11.3 Å². The number of methoxy groups -OCH3 is 2. The molecule has 2 heterocycles. The zero-order valence-corrected chi connectivity index (χ0v) is 21.0. The maximum absolute atomic E-state index is 12.9. The summed E-state index contributed by atoms with van der Waals surface area (Å²) in [6.45, 7) is 4.66. The lowest BCUT2D eigenvalue weighted by Gasteiger charge is -2.09. The molecule has 0 bridgehead atoms. The van der Waals surface area contributed by atoms with Gasteiger partial charge in [0.05, 0.1) is 32.2 Å². The molecule has 1 amide bonds. The van der Waals surface area contributed by atoms with Gasteiger partial charge in [0.1, 0.15) is 11.6 Å². The van der Waals surface area contributed by atoms with Crippen molar-refractivity contribution in [3.63, 3.8) is 0 Å². The zero-order chi connectivity index (χ0) is 24.8. The quantitative estimate of drug-likeness (QED) is 0.284. The molecule has 0 aliphatic heterocycles. The van der Waals surface area contributed by atoms with Crippen LogP contribution in [0.4, 0.5) is 5.82 Å². The van der Waals surface area contributed by atoms with Crippen molar-refractivity contribution < 1.29 is 19.0 Å². The second-order valence-electron chi connectivity index (χ2n) is 7.85. The van der Waals surface area contributed by atoms with Gasteiger partial charge < -0.3 is 19.5 Å². The Hall–Kier alpha value is -3.85. The first-order valence-electron chi connectivity index (χ1n) is 11.3. The number of thiazole rings is 1. The third-order valence-electron chi connectivity index (χ3n) is 5.31. The van der Waals surface area contributed by atoms with Gasteiger partial charge in [-0.1, -0.05) is 13.3 Å². The van der Waals surface area contributed by atoms with Crippen LogP contribution in [-0.4, -0.2) is 41.5 Å². The molecule has 35 heavy (non-hydrogen) atoms. The van der Waals surface area contributed by atoms with Crippen LogP contribution in [0.2, 0.25) is 0 Å². The van der Waals surface area contributed by atoms with E-state index in [1.807, 2.05) is 48.7 Å². The minimum Gasteiger partial charge on any atom is -0.494 e. The lowest BCUT2D eigenvalue weighted by molar-refractivity contribution is 0.102. The van der Waals surface area contributed by atoms with Gasteiger partial charge in [-0.25, -0.2) is 4.98 Å². The Morgan fingerprint density at radius 3 is 2.54 bits per heavy atom. The molecule has 1 N–H and O–H groups in total. The fourth-order valence-corrected chi connectivity index (χ4v) is 4.25. The summed E-state index contributed by atoms with van der Waals surface area (Å²) >= 11 is 1.43. The standard InChI is InChI=1S/C26H28N4O4S/c1-5-6-13-34-20-10-7-18(8-11-20)25(31)28-24-14-17(2)29-30(24)26-27-21(16-35-26)19-9-12-22(32-3)23(15-19)33-4/h7-12,14-16H,5-6,13H2,1-4H3,(H,28,31). The Morgan fingerprint density at radius 2 is 1.83 bits per heavy atom. The van der Waals surface area contributed by atoms with E-state index in [1.165, 1.54) is 11.3 Å². The van der Waals surface area contributed by atoms with Crippen molar-refractivity contribution in [3.05, 3.63) is 65.2 Å². The molecule has 182 valence electrons. The highest BCUT2D eigenvalue weighted by Crippen LogP contribution is 2.33. The Morgan fingerprint density at radius 1 is 1.06 bits per heavy atom.